The van der Waals surface area contributed by atoms with Crippen molar-refractivity contribution < 1.29 is 4.79 Å². The molecule has 0 radical (unpaired) electrons. The highest BCUT2D eigenvalue weighted by Crippen LogP contribution is 2.15. The summed E-state index contributed by atoms with van der Waals surface area (Å²) in [7, 11) is 0. The van der Waals surface area contributed by atoms with Crippen molar-refractivity contribution in [1.29, 1.82) is 0 Å². The van der Waals surface area contributed by atoms with Crippen molar-refractivity contribution in [1.82, 2.24) is 24.9 Å². The highest BCUT2D eigenvalue weighted by Gasteiger charge is 2.17. The number of carbonyl (C=O) groups is 1. The smallest absolute Gasteiger partial charge is 0.240 e. The fraction of sp³-hybridized carbons (Fsp3) is 0.353. The summed E-state index contributed by atoms with van der Waals surface area (Å²) in [5.41, 5.74) is 1.07. The molecule has 0 unspecified atom stereocenters. The first-order valence-corrected chi connectivity index (χ1v) is 7.81. The molecule has 3 aromatic rings. The molecule has 0 aliphatic rings. The van der Waals surface area contributed by atoms with E-state index in [9.17, 15) is 4.79 Å². The van der Waals surface area contributed by atoms with Gasteiger partial charge in [0.1, 0.15) is 6.54 Å². The second kappa shape index (κ2) is 6.64. The van der Waals surface area contributed by atoms with Crippen molar-refractivity contribution in [3.05, 3.63) is 48.9 Å². The summed E-state index contributed by atoms with van der Waals surface area (Å²) in [6.07, 6.45) is 5.40. The van der Waals surface area contributed by atoms with Crippen LogP contribution in [0.2, 0.25) is 0 Å². The van der Waals surface area contributed by atoms with Gasteiger partial charge in [-0.1, -0.05) is 37.3 Å². The van der Waals surface area contributed by atoms with Crippen LogP contribution in [-0.4, -0.2) is 31.5 Å². The average Bonchev–Trinajstić information content (AvgIpc) is 3.17. The molecule has 1 N–H and O–H groups in total. The number of carbonyl (C=O) groups excluding carboxylic acids is 1. The van der Waals surface area contributed by atoms with E-state index in [2.05, 4.69) is 29.5 Å². The van der Waals surface area contributed by atoms with Crippen LogP contribution >= 0.6 is 0 Å². The number of benzene rings is 1. The maximum atomic E-state index is 12.4. The molecule has 6 nitrogen and oxygen atoms in total. The summed E-state index contributed by atoms with van der Waals surface area (Å²) in [6.45, 7) is 5.11. The number of rotatable bonds is 6. The van der Waals surface area contributed by atoms with Crippen LogP contribution in [-0.2, 0) is 17.9 Å². The lowest BCUT2D eigenvalue weighted by molar-refractivity contribution is -0.122. The van der Waals surface area contributed by atoms with Crippen LogP contribution in [0.1, 0.15) is 13.8 Å². The summed E-state index contributed by atoms with van der Waals surface area (Å²) >= 11 is 0. The number of nitrogens with one attached hydrogen (secondary N) is 1. The van der Waals surface area contributed by atoms with Crippen LogP contribution in [0.3, 0.4) is 0 Å². The fourth-order valence-corrected chi connectivity index (χ4v) is 2.64. The molecule has 0 saturated heterocycles. The SMILES string of the molecule is CC(C)[C@@H](Cn1ccnn1)NC(=O)Cn1ccc2ccccc21. The maximum absolute atomic E-state index is 12.4. The highest BCUT2D eigenvalue weighted by atomic mass is 16.2. The lowest BCUT2D eigenvalue weighted by Crippen LogP contribution is -2.43. The Morgan fingerprint density at radius 2 is 2.04 bits per heavy atom. The Morgan fingerprint density at radius 3 is 2.78 bits per heavy atom. The van der Waals surface area contributed by atoms with Crippen molar-refractivity contribution in [3.63, 3.8) is 0 Å². The van der Waals surface area contributed by atoms with E-state index in [4.69, 9.17) is 0 Å². The van der Waals surface area contributed by atoms with Gasteiger partial charge in [0.25, 0.3) is 0 Å². The first-order valence-electron chi connectivity index (χ1n) is 7.81. The highest BCUT2D eigenvalue weighted by molar-refractivity contribution is 5.83. The Balaban J connectivity index is 1.67. The fourth-order valence-electron chi connectivity index (χ4n) is 2.64. The van der Waals surface area contributed by atoms with Crippen LogP contribution in [0.5, 0.6) is 0 Å². The van der Waals surface area contributed by atoms with Gasteiger partial charge in [0, 0.05) is 17.9 Å². The molecule has 1 amide bonds. The molecule has 0 fully saturated rings. The average molecular weight is 311 g/mol. The summed E-state index contributed by atoms with van der Waals surface area (Å²) in [6, 6.07) is 10.1. The minimum absolute atomic E-state index is 0.00479. The number of amides is 1. The van der Waals surface area contributed by atoms with Crippen molar-refractivity contribution in [2.75, 3.05) is 0 Å². The maximum Gasteiger partial charge on any atom is 0.240 e. The standard InChI is InChI=1S/C17H21N5O/c1-13(2)15(11-22-10-8-18-20-22)19-17(23)12-21-9-7-14-5-3-4-6-16(14)21/h3-10,13,15H,11-12H2,1-2H3,(H,19,23)/t15-/m1/s1. The number of hydrogen-bond donors (Lipinski definition) is 1. The summed E-state index contributed by atoms with van der Waals surface area (Å²) in [4.78, 5) is 12.4. The molecule has 0 aliphatic carbocycles. The normalized spacial score (nSPS) is 12.7. The van der Waals surface area contributed by atoms with Crippen molar-refractivity contribution in [2.45, 2.75) is 33.0 Å². The molecule has 3 rings (SSSR count). The minimum atomic E-state index is 0.00479. The molecular formula is C17H21N5O. The zero-order valence-corrected chi connectivity index (χ0v) is 13.4. The van der Waals surface area contributed by atoms with E-state index in [-0.39, 0.29) is 11.9 Å². The second-order valence-electron chi connectivity index (χ2n) is 6.05. The molecule has 1 aromatic carbocycles. The molecule has 0 spiro atoms. The molecule has 23 heavy (non-hydrogen) atoms. The van der Waals surface area contributed by atoms with Gasteiger partial charge in [-0.15, -0.1) is 5.10 Å². The van der Waals surface area contributed by atoms with E-state index in [0.29, 0.717) is 19.0 Å². The molecule has 6 heteroatoms. The lowest BCUT2D eigenvalue weighted by Gasteiger charge is -2.22. The monoisotopic (exact) mass is 311 g/mol. The number of nitrogens with zero attached hydrogens (tertiary/aromatic N) is 4. The van der Waals surface area contributed by atoms with Gasteiger partial charge in [-0.25, -0.2) is 0 Å². The van der Waals surface area contributed by atoms with E-state index >= 15 is 0 Å². The first-order chi connectivity index (χ1) is 11.1. The van der Waals surface area contributed by atoms with Gasteiger partial charge in [-0.2, -0.15) is 0 Å². The first kappa shape index (κ1) is 15.3. The molecule has 120 valence electrons. The molecule has 0 aliphatic heterocycles. The second-order valence-corrected chi connectivity index (χ2v) is 6.05. The topological polar surface area (TPSA) is 64.7 Å². The number of fused-ring (bicyclic) bond motifs is 1. The molecule has 2 aromatic heterocycles. The Labute approximate surface area is 135 Å². The molecule has 2 heterocycles. The number of hydrogen-bond acceptors (Lipinski definition) is 3. The zero-order chi connectivity index (χ0) is 16.2. The van der Waals surface area contributed by atoms with Crippen molar-refractivity contribution >= 4 is 16.8 Å². The van der Waals surface area contributed by atoms with Crippen LogP contribution < -0.4 is 5.32 Å². The molecule has 1 atom stereocenters. The van der Waals surface area contributed by atoms with Gasteiger partial charge in [0.05, 0.1) is 18.8 Å². The van der Waals surface area contributed by atoms with Gasteiger partial charge in [0.2, 0.25) is 5.91 Å². The van der Waals surface area contributed by atoms with Gasteiger partial charge in [0.15, 0.2) is 0 Å². The van der Waals surface area contributed by atoms with Gasteiger partial charge >= 0.3 is 0 Å². The molecular weight excluding hydrogens is 290 g/mol. The Morgan fingerprint density at radius 1 is 1.22 bits per heavy atom. The van der Waals surface area contributed by atoms with Crippen LogP contribution in [0.4, 0.5) is 0 Å². The van der Waals surface area contributed by atoms with Crippen LogP contribution in [0.25, 0.3) is 10.9 Å². The molecule has 0 saturated carbocycles. The van der Waals surface area contributed by atoms with Crippen LogP contribution in [0.15, 0.2) is 48.9 Å². The predicted octanol–water partition coefficient (Wildman–Crippen LogP) is 2.07. The summed E-state index contributed by atoms with van der Waals surface area (Å²) in [5.74, 6) is 0.315. The Hall–Kier alpha value is -2.63. The summed E-state index contributed by atoms with van der Waals surface area (Å²) < 4.78 is 3.72. The molecule has 0 bridgehead atoms. The van der Waals surface area contributed by atoms with Crippen molar-refractivity contribution in [3.8, 4) is 0 Å². The zero-order valence-electron chi connectivity index (χ0n) is 13.4. The Bertz CT molecular complexity index is 775. The van der Waals surface area contributed by atoms with E-state index in [0.717, 1.165) is 10.9 Å². The number of para-hydroxylation sites is 1. The third-order valence-corrected chi connectivity index (χ3v) is 4.00. The predicted molar refractivity (Wildman–Crippen MR) is 88.7 cm³/mol. The van der Waals surface area contributed by atoms with Crippen LogP contribution in [0, 0.1) is 5.92 Å². The Kier molecular flexibility index (Phi) is 4.41. The summed E-state index contributed by atoms with van der Waals surface area (Å²) in [5, 5.41) is 12.0. The van der Waals surface area contributed by atoms with Gasteiger partial charge in [-0.05, 0) is 23.4 Å². The minimum Gasteiger partial charge on any atom is -0.350 e. The number of aromatic nitrogens is 4. The lowest BCUT2D eigenvalue weighted by atomic mass is 10.0. The van der Waals surface area contributed by atoms with E-state index in [1.165, 1.54) is 0 Å². The third kappa shape index (κ3) is 3.59. The third-order valence-electron chi connectivity index (χ3n) is 4.00. The van der Waals surface area contributed by atoms with E-state index in [1.807, 2.05) is 41.1 Å². The van der Waals surface area contributed by atoms with Gasteiger partial charge in [-0.3, -0.25) is 9.48 Å². The quantitative estimate of drug-likeness (QED) is 0.758. The van der Waals surface area contributed by atoms with E-state index in [1.54, 1.807) is 17.1 Å². The van der Waals surface area contributed by atoms with Crippen molar-refractivity contribution in [2.24, 2.45) is 5.92 Å². The largest absolute Gasteiger partial charge is 0.350 e. The van der Waals surface area contributed by atoms with Gasteiger partial charge < -0.3 is 9.88 Å². The van der Waals surface area contributed by atoms with E-state index < -0.39 is 0 Å².